The molecule has 0 saturated heterocycles. The zero-order chi connectivity index (χ0) is 22.0. The zero-order valence-corrected chi connectivity index (χ0v) is 18.7. The zero-order valence-electron chi connectivity index (χ0n) is 17.9. The van der Waals surface area contributed by atoms with E-state index >= 15 is 0 Å². The fourth-order valence-electron chi connectivity index (χ4n) is 3.31. The van der Waals surface area contributed by atoms with Crippen LogP contribution in [0.25, 0.3) is 16.2 Å². The molecule has 4 aromatic rings. The van der Waals surface area contributed by atoms with Gasteiger partial charge in [0.2, 0.25) is 5.91 Å². The lowest BCUT2D eigenvalue weighted by atomic mass is 10.1. The second-order valence-corrected chi connectivity index (χ2v) is 8.07. The number of carbonyl (C=O) groups excluding carboxylic acids is 1. The molecule has 2 heterocycles. The van der Waals surface area contributed by atoms with Gasteiger partial charge in [-0.2, -0.15) is 0 Å². The fourth-order valence-corrected chi connectivity index (χ4v) is 4.19. The van der Waals surface area contributed by atoms with E-state index in [-0.39, 0.29) is 12.3 Å². The maximum Gasteiger partial charge on any atom is 0.230 e. The minimum atomic E-state index is -0.0773. The van der Waals surface area contributed by atoms with Crippen LogP contribution in [0.4, 0.5) is 11.4 Å². The van der Waals surface area contributed by atoms with Crippen LogP contribution < -0.4 is 19.7 Å². The molecule has 8 heteroatoms. The number of fused-ring (bicyclic) bond motifs is 1. The Morgan fingerprint density at radius 3 is 2.58 bits per heavy atom. The van der Waals surface area contributed by atoms with E-state index in [2.05, 4.69) is 5.32 Å². The molecule has 4 rings (SSSR count). The summed E-state index contributed by atoms with van der Waals surface area (Å²) < 4.78 is 12.8. The Kier molecular flexibility index (Phi) is 5.81. The summed E-state index contributed by atoms with van der Waals surface area (Å²) in [7, 11) is 7.22. The molecule has 1 amide bonds. The maximum absolute atomic E-state index is 12.6. The molecule has 0 aliphatic heterocycles. The van der Waals surface area contributed by atoms with Gasteiger partial charge in [-0.05, 0) is 42.5 Å². The van der Waals surface area contributed by atoms with E-state index in [1.165, 1.54) is 11.3 Å². The predicted octanol–water partition coefficient (Wildman–Crippen LogP) is 4.33. The minimum absolute atomic E-state index is 0.0773. The van der Waals surface area contributed by atoms with E-state index in [0.29, 0.717) is 5.75 Å². The molecule has 0 unspecified atom stereocenters. The average molecular weight is 437 g/mol. The minimum Gasteiger partial charge on any atom is -0.497 e. The van der Waals surface area contributed by atoms with Crippen molar-refractivity contribution < 1.29 is 14.3 Å². The normalized spacial score (nSPS) is 10.8. The predicted molar refractivity (Wildman–Crippen MR) is 125 cm³/mol. The number of benzene rings is 2. The molecule has 0 radical (unpaired) electrons. The van der Waals surface area contributed by atoms with Gasteiger partial charge < -0.3 is 19.7 Å². The van der Waals surface area contributed by atoms with Gasteiger partial charge in [-0.3, -0.25) is 9.20 Å². The summed E-state index contributed by atoms with van der Waals surface area (Å²) in [5.74, 6) is 1.37. The molecule has 1 N–H and O–H groups in total. The van der Waals surface area contributed by atoms with Crippen LogP contribution in [0.1, 0.15) is 5.69 Å². The first-order valence-corrected chi connectivity index (χ1v) is 10.6. The number of carbonyl (C=O) groups is 1. The molecule has 0 spiro atoms. The lowest BCUT2D eigenvalue weighted by Crippen LogP contribution is -2.15. The van der Waals surface area contributed by atoms with Crippen molar-refractivity contribution in [3.8, 4) is 22.8 Å². The summed E-state index contributed by atoms with van der Waals surface area (Å²) in [6.07, 6.45) is 2.18. The summed E-state index contributed by atoms with van der Waals surface area (Å²) in [4.78, 5) is 20.2. The number of hydrogen-bond donors (Lipinski definition) is 1. The fraction of sp³-hybridized carbons (Fsp3) is 0.217. The third kappa shape index (κ3) is 4.34. The van der Waals surface area contributed by atoms with E-state index in [1.54, 1.807) is 14.2 Å². The van der Waals surface area contributed by atoms with Crippen LogP contribution in [0, 0.1) is 0 Å². The standard InChI is InChI=1S/C23H24N4O3S/c1-26(2)16-7-5-15(6-8-16)24-22(28)11-17-14-31-23-25-20(13-27(17)23)19-12-18(29-3)9-10-21(19)30-4/h5-10,12-14H,11H2,1-4H3,(H,24,28). The van der Waals surface area contributed by atoms with Crippen LogP contribution in [0.3, 0.4) is 0 Å². The molecule has 2 aromatic carbocycles. The Labute approximate surface area is 184 Å². The van der Waals surface area contributed by atoms with E-state index in [1.807, 2.05) is 77.4 Å². The summed E-state index contributed by atoms with van der Waals surface area (Å²) >= 11 is 1.50. The second kappa shape index (κ2) is 8.69. The third-order valence-electron chi connectivity index (χ3n) is 4.98. The highest BCUT2D eigenvalue weighted by Crippen LogP contribution is 2.34. The van der Waals surface area contributed by atoms with Gasteiger partial charge in [0, 0.05) is 48.3 Å². The molecule has 2 aromatic heterocycles. The van der Waals surface area contributed by atoms with Gasteiger partial charge in [0.25, 0.3) is 0 Å². The van der Waals surface area contributed by atoms with Crippen molar-refractivity contribution in [2.75, 3.05) is 38.5 Å². The number of hydrogen-bond acceptors (Lipinski definition) is 6. The smallest absolute Gasteiger partial charge is 0.230 e. The van der Waals surface area contributed by atoms with Gasteiger partial charge in [-0.25, -0.2) is 4.98 Å². The first kappa shape index (κ1) is 20.7. The van der Waals surface area contributed by atoms with Gasteiger partial charge in [0.15, 0.2) is 4.96 Å². The van der Waals surface area contributed by atoms with Crippen molar-refractivity contribution in [3.63, 3.8) is 0 Å². The molecule has 0 atom stereocenters. The number of nitrogens with one attached hydrogen (secondary N) is 1. The van der Waals surface area contributed by atoms with E-state index in [4.69, 9.17) is 14.5 Å². The highest BCUT2D eigenvalue weighted by atomic mass is 32.1. The van der Waals surface area contributed by atoms with Gasteiger partial charge in [-0.1, -0.05) is 0 Å². The Morgan fingerprint density at radius 1 is 1.13 bits per heavy atom. The highest BCUT2D eigenvalue weighted by Gasteiger charge is 2.16. The summed E-state index contributed by atoms with van der Waals surface area (Å²) in [6, 6.07) is 13.4. The molecular weight excluding hydrogens is 412 g/mol. The lowest BCUT2D eigenvalue weighted by molar-refractivity contribution is -0.115. The number of imidazole rings is 1. The van der Waals surface area contributed by atoms with Crippen molar-refractivity contribution >= 4 is 33.6 Å². The summed E-state index contributed by atoms with van der Waals surface area (Å²) in [6.45, 7) is 0. The van der Waals surface area contributed by atoms with Crippen molar-refractivity contribution in [2.45, 2.75) is 6.42 Å². The van der Waals surface area contributed by atoms with Crippen molar-refractivity contribution in [2.24, 2.45) is 0 Å². The molecule has 0 saturated carbocycles. The number of thiazole rings is 1. The van der Waals surface area contributed by atoms with Gasteiger partial charge in [0.05, 0.1) is 26.3 Å². The van der Waals surface area contributed by atoms with Crippen LogP contribution >= 0.6 is 11.3 Å². The first-order chi connectivity index (χ1) is 15.0. The summed E-state index contributed by atoms with van der Waals surface area (Å²) in [5, 5.41) is 4.92. The number of methoxy groups -OCH3 is 2. The van der Waals surface area contributed by atoms with Crippen LogP contribution in [-0.2, 0) is 11.2 Å². The summed E-state index contributed by atoms with van der Waals surface area (Å²) in [5.41, 5.74) is 4.34. The van der Waals surface area contributed by atoms with Crippen LogP contribution in [0.2, 0.25) is 0 Å². The molecule has 0 aliphatic rings. The van der Waals surface area contributed by atoms with Crippen LogP contribution in [-0.4, -0.2) is 43.6 Å². The largest absolute Gasteiger partial charge is 0.497 e. The van der Waals surface area contributed by atoms with Crippen LogP contribution in [0.15, 0.2) is 54.0 Å². The Balaban J connectivity index is 1.55. The molecule has 7 nitrogen and oxygen atoms in total. The van der Waals surface area contributed by atoms with Crippen molar-refractivity contribution in [3.05, 3.63) is 59.7 Å². The van der Waals surface area contributed by atoms with Gasteiger partial charge in [0.1, 0.15) is 11.5 Å². The molecule has 0 bridgehead atoms. The van der Waals surface area contributed by atoms with Crippen molar-refractivity contribution in [1.29, 1.82) is 0 Å². The molecular formula is C23H24N4O3S. The Bertz CT molecular complexity index is 1210. The molecule has 0 aliphatic carbocycles. The van der Waals surface area contributed by atoms with E-state index < -0.39 is 0 Å². The number of nitrogens with zero attached hydrogens (tertiary/aromatic N) is 3. The Hall–Kier alpha value is -3.52. The molecule has 0 fully saturated rings. The van der Waals surface area contributed by atoms with Gasteiger partial charge >= 0.3 is 0 Å². The quantitative estimate of drug-likeness (QED) is 0.467. The second-order valence-electron chi connectivity index (χ2n) is 7.24. The number of anilines is 2. The van der Waals surface area contributed by atoms with E-state index in [9.17, 15) is 4.79 Å². The monoisotopic (exact) mass is 436 g/mol. The topological polar surface area (TPSA) is 68.1 Å². The maximum atomic E-state index is 12.6. The average Bonchev–Trinajstić information content (AvgIpc) is 3.35. The van der Waals surface area contributed by atoms with Crippen molar-refractivity contribution in [1.82, 2.24) is 9.38 Å². The van der Waals surface area contributed by atoms with Crippen LogP contribution in [0.5, 0.6) is 11.5 Å². The number of amides is 1. The lowest BCUT2D eigenvalue weighted by Gasteiger charge is -2.13. The molecule has 31 heavy (non-hydrogen) atoms. The Morgan fingerprint density at radius 2 is 1.90 bits per heavy atom. The third-order valence-corrected chi connectivity index (χ3v) is 5.86. The SMILES string of the molecule is COc1ccc(OC)c(-c2cn3c(CC(=O)Nc4ccc(N(C)C)cc4)csc3n2)c1. The van der Waals surface area contributed by atoms with Gasteiger partial charge in [-0.15, -0.1) is 11.3 Å². The number of aromatic nitrogens is 2. The first-order valence-electron chi connectivity index (χ1n) is 9.73. The highest BCUT2D eigenvalue weighted by molar-refractivity contribution is 7.15. The molecule has 160 valence electrons. The number of ether oxygens (including phenoxy) is 2. The number of rotatable bonds is 7. The van der Waals surface area contributed by atoms with E-state index in [0.717, 1.165) is 39.0 Å².